The molecule has 1 fully saturated rings. The van der Waals surface area contributed by atoms with Crippen molar-refractivity contribution in [2.75, 3.05) is 0 Å². The van der Waals surface area contributed by atoms with E-state index >= 15 is 0 Å². The van der Waals surface area contributed by atoms with Gasteiger partial charge in [0.05, 0.1) is 29.3 Å². The number of benzene rings is 2. The van der Waals surface area contributed by atoms with E-state index in [4.69, 9.17) is 9.72 Å². The lowest BCUT2D eigenvalue weighted by atomic mass is 9.71. The van der Waals surface area contributed by atoms with Gasteiger partial charge in [-0.15, -0.1) is 0 Å². The topological polar surface area (TPSA) is 103 Å². The van der Waals surface area contributed by atoms with Gasteiger partial charge in [0.25, 0.3) is 0 Å². The Morgan fingerprint density at radius 2 is 1.73 bits per heavy atom. The zero-order valence-corrected chi connectivity index (χ0v) is 22.6. The Labute approximate surface area is 231 Å². The summed E-state index contributed by atoms with van der Waals surface area (Å²) in [5, 5.41) is 7.14. The fraction of sp³-hybridized carbons (Fsp3) is 0.258. The minimum Gasteiger partial charge on any atom is -0.444 e. The van der Waals surface area contributed by atoms with Crippen LogP contribution in [0.25, 0.3) is 39.4 Å². The van der Waals surface area contributed by atoms with Gasteiger partial charge in [0, 0.05) is 29.1 Å². The molecule has 201 valence electrons. The molecule has 0 atom stereocenters. The Balaban J connectivity index is 1.39. The molecule has 3 heterocycles. The van der Waals surface area contributed by atoms with Crippen LogP contribution in [0.15, 0.2) is 79.4 Å². The minimum absolute atomic E-state index is 0.401. The number of carbonyl (C=O) groups excluding carboxylic acids is 2. The molecule has 1 saturated carbocycles. The van der Waals surface area contributed by atoms with E-state index in [2.05, 4.69) is 27.5 Å². The van der Waals surface area contributed by atoms with Crippen molar-refractivity contribution in [1.82, 2.24) is 29.5 Å². The van der Waals surface area contributed by atoms with E-state index in [1.54, 1.807) is 25.0 Å². The highest BCUT2D eigenvalue weighted by Crippen LogP contribution is 2.42. The van der Waals surface area contributed by atoms with Crippen molar-refractivity contribution >= 4 is 18.3 Å². The standard InChI is InChI=1S/C31H29N6O3/c1-30(2,3)40-29(39)35-31(14-7-15-31)24-12-10-22(11-13-24)27-25(21-8-5-4-6-9-21)19-37-26(17-32-28(37)34-27)23-16-33-36(18-23)20-38/h4-6,8-13,16-19H,7,14-15H2,1-3H3,(H,35,39). The number of ether oxygens (including phenoxy) is 1. The van der Waals surface area contributed by atoms with Crippen LogP contribution in [0, 0.1) is 0 Å². The lowest BCUT2D eigenvalue weighted by molar-refractivity contribution is 0.0377. The van der Waals surface area contributed by atoms with Gasteiger partial charge in [-0.3, -0.25) is 9.20 Å². The first-order valence-electron chi connectivity index (χ1n) is 13.2. The molecule has 0 aliphatic heterocycles. The van der Waals surface area contributed by atoms with Crippen LogP contribution in [-0.2, 0) is 15.1 Å². The molecule has 0 saturated heterocycles. The average Bonchev–Trinajstić information content (AvgIpc) is 3.56. The molecule has 9 heteroatoms. The zero-order chi connectivity index (χ0) is 27.9. The van der Waals surface area contributed by atoms with Gasteiger partial charge in [0.15, 0.2) is 0 Å². The van der Waals surface area contributed by atoms with E-state index < -0.39 is 17.2 Å². The van der Waals surface area contributed by atoms with Crippen molar-refractivity contribution in [3.63, 3.8) is 0 Å². The maximum Gasteiger partial charge on any atom is 0.408 e. The van der Waals surface area contributed by atoms with Crippen LogP contribution in [0.2, 0.25) is 0 Å². The highest BCUT2D eigenvalue weighted by atomic mass is 16.6. The normalized spacial score (nSPS) is 14.5. The summed E-state index contributed by atoms with van der Waals surface area (Å²) in [5.41, 5.74) is 5.23. The average molecular weight is 534 g/mol. The van der Waals surface area contributed by atoms with Crippen LogP contribution < -0.4 is 5.32 Å². The number of amides is 1. The zero-order valence-electron chi connectivity index (χ0n) is 22.6. The second-order valence-electron chi connectivity index (χ2n) is 11.1. The number of nitrogens with zero attached hydrogens (tertiary/aromatic N) is 5. The maximum absolute atomic E-state index is 12.6. The number of alkyl carbamates (subject to hydrolysis) is 1. The summed E-state index contributed by atoms with van der Waals surface area (Å²) in [6.45, 7) is 5.59. The number of imidazole rings is 1. The van der Waals surface area contributed by atoms with Crippen molar-refractivity contribution in [3.05, 3.63) is 84.9 Å². The van der Waals surface area contributed by atoms with Crippen LogP contribution in [0.5, 0.6) is 0 Å². The summed E-state index contributed by atoms with van der Waals surface area (Å²) in [5.74, 6) is 0.527. The Morgan fingerprint density at radius 3 is 2.35 bits per heavy atom. The van der Waals surface area contributed by atoms with Crippen LogP contribution >= 0.6 is 0 Å². The van der Waals surface area contributed by atoms with Crippen LogP contribution in [0.4, 0.5) is 4.79 Å². The highest BCUT2D eigenvalue weighted by Gasteiger charge is 2.41. The summed E-state index contributed by atoms with van der Waals surface area (Å²) in [4.78, 5) is 33.1. The number of fused-ring (bicyclic) bond motifs is 1. The molecule has 1 aliphatic rings. The molecule has 0 spiro atoms. The molecule has 1 radical (unpaired) electrons. The maximum atomic E-state index is 12.6. The third-order valence-corrected chi connectivity index (χ3v) is 7.22. The first kappa shape index (κ1) is 25.5. The number of hydrogen-bond acceptors (Lipinski definition) is 6. The third kappa shape index (κ3) is 4.75. The molecule has 3 aromatic heterocycles. The largest absolute Gasteiger partial charge is 0.444 e. The second-order valence-corrected chi connectivity index (χ2v) is 11.1. The molecule has 2 aromatic carbocycles. The fourth-order valence-electron chi connectivity index (χ4n) is 5.14. The van der Waals surface area contributed by atoms with E-state index in [-0.39, 0.29) is 0 Å². The van der Waals surface area contributed by atoms with Gasteiger partial charge in [-0.25, -0.2) is 14.8 Å². The number of hydrogen-bond donors (Lipinski definition) is 1. The molecule has 1 N–H and O–H groups in total. The third-order valence-electron chi connectivity index (χ3n) is 7.22. The molecule has 0 unspecified atom stereocenters. The quantitative estimate of drug-likeness (QED) is 0.298. The number of aromatic nitrogens is 5. The summed E-state index contributed by atoms with van der Waals surface area (Å²) < 4.78 is 8.54. The van der Waals surface area contributed by atoms with Crippen molar-refractivity contribution in [2.45, 2.75) is 51.2 Å². The summed E-state index contributed by atoms with van der Waals surface area (Å²) in [6.07, 6.45) is 11.1. The first-order chi connectivity index (χ1) is 19.2. The van der Waals surface area contributed by atoms with E-state index in [0.717, 1.165) is 63.1 Å². The van der Waals surface area contributed by atoms with Crippen LogP contribution in [-0.4, -0.2) is 42.3 Å². The van der Waals surface area contributed by atoms with Gasteiger partial charge < -0.3 is 10.1 Å². The van der Waals surface area contributed by atoms with E-state index in [0.29, 0.717) is 5.78 Å². The Hall–Kier alpha value is -4.79. The summed E-state index contributed by atoms with van der Waals surface area (Å²) >= 11 is 0. The molecular formula is C31H29N6O3. The van der Waals surface area contributed by atoms with Gasteiger partial charge in [-0.2, -0.15) is 9.78 Å². The highest BCUT2D eigenvalue weighted by molar-refractivity contribution is 5.82. The van der Waals surface area contributed by atoms with Crippen molar-refractivity contribution < 1.29 is 14.3 Å². The molecule has 0 bridgehead atoms. The number of nitrogens with one attached hydrogen (secondary N) is 1. The van der Waals surface area contributed by atoms with Gasteiger partial charge in [-0.05, 0) is 51.2 Å². The van der Waals surface area contributed by atoms with E-state index in [9.17, 15) is 9.59 Å². The van der Waals surface area contributed by atoms with Gasteiger partial charge in [0.2, 0.25) is 5.78 Å². The van der Waals surface area contributed by atoms with Gasteiger partial charge in [-0.1, -0.05) is 54.6 Å². The molecule has 9 nitrogen and oxygen atoms in total. The smallest absolute Gasteiger partial charge is 0.408 e. The van der Waals surface area contributed by atoms with Crippen LogP contribution in [0.1, 0.15) is 45.6 Å². The lowest BCUT2D eigenvalue weighted by Crippen LogP contribution is -2.52. The summed E-state index contributed by atoms with van der Waals surface area (Å²) in [7, 11) is 0. The predicted octanol–water partition coefficient (Wildman–Crippen LogP) is 5.75. The predicted molar refractivity (Wildman–Crippen MR) is 151 cm³/mol. The minimum atomic E-state index is -0.558. The molecule has 1 aliphatic carbocycles. The number of carbonyl (C=O) groups is 1. The van der Waals surface area contributed by atoms with Crippen molar-refractivity contribution in [1.29, 1.82) is 0 Å². The molecular weight excluding hydrogens is 504 g/mol. The van der Waals surface area contributed by atoms with Crippen LogP contribution in [0.3, 0.4) is 0 Å². The second kappa shape index (κ2) is 9.75. The molecule has 1 amide bonds. The first-order valence-corrected chi connectivity index (χ1v) is 13.2. The van der Waals surface area contributed by atoms with E-state index in [1.807, 2.05) is 73.8 Å². The van der Waals surface area contributed by atoms with E-state index in [1.165, 1.54) is 0 Å². The Bertz CT molecular complexity index is 1690. The van der Waals surface area contributed by atoms with Crippen molar-refractivity contribution in [2.24, 2.45) is 0 Å². The fourth-order valence-corrected chi connectivity index (χ4v) is 5.14. The molecule has 6 rings (SSSR count). The van der Waals surface area contributed by atoms with Gasteiger partial charge >= 0.3 is 12.5 Å². The van der Waals surface area contributed by atoms with Crippen molar-refractivity contribution in [3.8, 4) is 33.6 Å². The van der Waals surface area contributed by atoms with Gasteiger partial charge in [0.1, 0.15) is 5.60 Å². The number of rotatable bonds is 6. The Kier molecular flexibility index (Phi) is 6.21. The SMILES string of the molecule is CC(C)(C)OC(=O)NC1(c2ccc(-c3nc4ncc(-c5cnn([C]=O)c5)n4cc3-c3ccccc3)cc2)CCC1. The lowest BCUT2D eigenvalue weighted by Gasteiger charge is -2.43. The molecule has 40 heavy (non-hydrogen) atoms. The molecule has 5 aromatic rings. The Morgan fingerprint density at radius 1 is 0.975 bits per heavy atom. The monoisotopic (exact) mass is 533 g/mol. The summed E-state index contributed by atoms with van der Waals surface area (Å²) in [6, 6.07) is 18.3.